The summed E-state index contributed by atoms with van der Waals surface area (Å²) in [7, 11) is -3.98. The van der Waals surface area contributed by atoms with Crippen LogP contribution in [-0.4, -0.2) is 48.0 Å². The first-order valence-corrected chi connectivity index (χ1v) is 14.3. The number of hydrogen-bond donors (Lipinski definition) is 0. The van der Waals surface area contributed by atoms with Crippen LogP contribution in [-0.2, 0) is 38.2 Å². The topological polar surface area (TPSA) is 81.5 Å². The van der Waals surface area contributed by atoms with E-state index >= 15 is 0 Å². The molecule has 9 heteroatoms. The molecule has 1 amide bonds. The van der Waals surface area contributed by atoms with Gasteiger partial charge in [-0.3, -0.25) is 4.79 Å². The van der Waals surface area contributed by atoms with Crippen molar-refractivity contribution in [3.8, 4) is 0 Å². The molecule has 198 valence electrons. The maximum atomic E-state index is 14.3. The number of sulfone groups is 1. The molecule has 0 aliphatic carbocycles. The van der Waals surface area contributed by atoms with Gasteiger partial charge >= 0.3 is 0 Å². The number of rotatable bonds is 11. The first kappa shape index (κ1) is 27.0. The molecule has 2 heterocycles. The van der Waals surface area contributed by atoms with Crippen molar-refractivity contribution in [2.45, 2.75) is 63.2 Å². The average Bonchev–Trinajstić information content (AvgIpc) is 3.51. The molecule has 1 atom stereocenters. The van der Waals surface area contributed by atoms with E-state index in [4.69, 9.17) is 4.74 Å². The number of carbonyl (C=O) groups excluding carboxylic acids is 1. The van der Waals surface area contributed by atoms with Crippen molar-refractivity contribution in [3.63, 3.8) is 0 Å². The van der Waals surface area contributed by atoms with Crippen LogP contribution >= 0.6 is 0 Å². The van der Waals surface area contributed by atoms with E-state index in [1.165, 1.54) is 24.4 Å². The van der Waals surface area contributed by atoms with Gasteiger partial charge in [-0.15, -0.1) is 0 Å². The van der Waals surface area contributed by atoms with E-state index in [1.807, 2.05) is 44.2 Å². The highest BCUT2D eigenvalue weighted by molar-refractivity contribution is 7.90. The molecule has 2 aromatic carbocycles. The highest BCUT2D eigenvalue weighted by atomic mass is 32.2. The molecule has 3 aromatic rings. The van der Waals surface area contributed by atoms with E-state index in [9.17, 15) is 17.6 Å². The summed E-state index contributed by atoms with van der Waals surface area (Å²) < 4.78 is 48.7. The molecule has 0 spiro atoms. The van der Waals surface area contributed by atoms with Crippen LogP contribution in [0.3, 0.4) is 0 Å². The number of hydrogen-bond acceptors (Lipinski definition) is 5. The predicted molar refractivity (Wildman–Crippen MR) is 139 cm³/mol. The van der Waals surface area contributed by atoms with Gasteiger partial charge in [0.25, 0.3) is 0 Å². The lowest BCUT2D eigenvalue weighted by Crippen LogP contribution is -2.38. The summed E-state index contributed by atoms with van der Waals surface area (Å²) in [5.41, 5.74) is 1.58. The molecule has 7 nitrogen and oxygen atoms in total. The fraction of sp³-hybridized carbons (Fsp3) is 0.429. The van der Waals surface area contributed by atoms with E-state index in [0.717, 1.165) is 18.4 Å². The molecule has 1 aliphatic heterocycles. The monoisotopic (exact) mass is 527 g/mol. The summed E-state index contributed by atoms with van der Waals surface area (Å²) in [6.45, 7) is 5.58. The van der Waals surface area contributed by atoms with Crippen molar-refractivity contribution in [3.05, 3.63) is 83.4 Å². The Morgan fingerprint density at radius 2 is 1.89 bits per heavy atom. The summed E-state index contributed by atoms with van der Waals surface area (Å²) in [6, 6.07) is 15.3. The smallest absolute Gasteiger partial charge is 0.228 e. The molecule has 1 aromatic heterocycles. The number of amides is 1. The first-order chi connectivity index (χ1) is 17.7. The normalized spacial score (nSPS) is 15.8. The van der Waals surface area contributed by atoms with Gasteiger partial charge in [-0.05, 0) is 30.4 Å². The van der Waals surface area contributed by atoms with Crippen LogP contribution < -0.4 is 0 Å². The Bertz CT molecular complexity index is 1300. The third kappa shape index (κ3) is 7.05. The molecule has 0 saturated carbocycles. The summed E-state index contributed by atoms with van der Waals surface area (Å²) in [5, 5.41) is -0.136. The van der Waals surface area contributed by atoms with Crippen LogP contribution in [0, 0.1) is 11.7 Å². The van der Waals surface area contributed by atoms with Gasteiger partial charge in [-0.2, -0.15) is 0 Å². The maximum Gasteiger partial charge on any atom is 0.228 e. The van der Waals surface area contributed by atoms with E-state index in [-0.39, 0.29) is 41.7 Å². The van der Waals surface area contributed by atoms with E-state index in [0.29, 0.717) is 25.3 Å². The Balaban J connectivity index is 1.69. The van der Waals surface area contributed by atoms with E-state index < -0.39 is 21.4 Å². The van der Waals surface area contributed by atoms with E-state index in [2.05, 4.69) is 4.98 Å². The number of nitrogens with zero attached hydrogens (tertiary/aromatic N) is 3. The third-order valence-electron chi connectivity index (χ3n) is 6.40. The van der Waals surface area contributed by atoms with Gasteiger partial charge in [0.1, 0.15) is 5.82 Å². The van der Waals surface area contributed by atoms with Crippen LogP contribution in [0.15, 0.2) is 66.0 Å². The minimum absolute atomic E-state index is 0.00581. The van der Waals surface area contributed by atoms with Gasteiger partial charge in [0.2, 0.25) is 20.9 Å². The highest BCUT2D eigenvalue weighted by Crippen LogP contribution is 2.23. The molecular formula is C28H34FN3O4S. The summed E-state index contributed by atoms with van der Waals surface area (Å²) in [4.78, 5) is 19.2. The quantitative estimate of drug-likeness (QED) is 0.364. The Kier molecular flexibility index (Phi) is 8.76. The van der Waals surface area contributed by atoms with Crippen molar-refractivity contribution in [1.82, 2.24) is 14.5 Å². The first-order valence-electron chi connectivity index (χ1n) is 12.7. The van der Waals surface area contributed by atoms with Crippen LogP contribution in [0.4, 0.5) is 4.39 Å². The van der Waals surface area contributed by atoms with Gasteiger partial charge in [0.15, 0.2) is 0 Å². The standard InChI is InChI=1S/C28H34FN3O4S/c1-21(2)15-27(33)31(19-25-12-8-14-36-25)18-24-16-30-28(32(24)17-22-9-4-3-5-10-22)37(34,35)20-23-11-6-7-13-26(23)29/h3-7,9-11,13,16,21,25H,8,12,14-15,17-20H2,1-2H3. The highest BCUT2D eigenvalue weighted by Gasteiger charge is 2.28. The zero-order chi connectivity index (χ0) is 26.4. The molecule has 0 radical (unpaired) electrons. The van der Waals surface area contributed by atoms with Crippen LogP contribution in [0.1, 0.15) is 49.9 Å². The number of carbonyl (C=O) groups is 1. The Morgan fingerprint density at radius 1 is 1.16 bits per heavy atom. The number of halogens is 1. The van der Waals surface area contributed by atoms with Gasteiger partial charge < -0.3 is 14.2 Å². The Labute approximate surface area is 218 Å². The van der Waals surface area contributed by atoms with Crippen LogP contribution in [0.25, 0.3) is 0 Å². The van der Waals surface area contributed by atoms with Gasteiger partial charge in [-0.25, -0.2) is 17.8 Å². The maximum absolute atomic E-state index is 14.3. The van der Waals surface area contributed by atoms with E-state index in [1.54, 1.807) is 15.5 Å². The summed E-state index contributed by atoms with van der Waals surface area (Å²) >= 11 is 0. The Morgan fingerprint density at radius 3 is 2.57 bits per heavy atom. The van der Waals surface area contributed by atoms with Gasteiger partial charge in [-0.1, -0.05) is 62.4 Å². The van der Waals surface area contributed by atoms with Crippen molar-refractivity contribution in [2.24, 2.45) is 5.92 Å². The molecule has 1 aliphatic rings. The number of ether oxygens (including phenoxy) is 1. The molecule has 4 rings (SSSR count). The fourth-order valence-electron chi connectivity index (χ4n) is 4.55. The summed E-state index contributed by atoms with van der Waals surface area (Å²) in [6.07, 6.45) is 3.71. The average molecular weight is 528 g/mol. The largest absolute Gasteiger partial charge is 0.376 e. The van der Waals surface area contributed by atoms with Crippen LogP contribution in [0.5, 0.6) is 0 Å². The fourth-order valence-corrected chi connectivity index (χ4v) is 6.05. The second-order valence-electron chi connectivity index (χ2n) is 9.96. The zero-order valence-electron chi connectivity index (χ0n) is 21.3. The second-order valence-corrected chi connectivity index (χ2v) is 11.8. The number of imidazole rings is 1. The minimum atomic E-state index is -3.98. The third-order valence-corrected chi connectivity index (χ3v) is 7.98. The van der Waals surface area contributed by atoms with Crippen molar-refractivity contribution >= 4 is 15.7 Å². The second kappa shape index (κ2) is 12.0. The van der Waals surface area contributed by atoms with Gasteiger partial charge in [0.05, 0.1) is 36.8 Å². The van der Waals surface area contributed by atoms with Gasteiger partial charge in [0, 0.05) is 25.1 Å². The summed E-state index contributed by atoms with van der Waals surface area (Å²) in [5.74, 6) is -0.898. The van der Waals surface area contributed by atoms with Crippen molar-refractivity contribution in [2.75, 3.05) is 13.2 Å². The SMILES string of the molecule is CC(C)CC(=O)N(Cc1cnc(S(=O)(=O)Cc2ccccc2F)n1Cc1ccccc1)CC1CCCO1. The molecule has 1 saturated heterocycles. The lowest BCUT2D eigenvalue weighted by atomic mass is 10.1. The lowest BCUT2D eigenvalue weighted by Gasteiger charge is -2.27. The molecule has 0 N–H and O–H groups in total. The molecule has 1 fully saturated rings. The zero-order valence-corrected chi connectivity index (χ0v) is 22.2. The van der Waals surface area contributed by atoms with Crippen LogP contribution in [0.2, 0.25) is 0 Å². The Hall–Kier alpha value is -3.04. The van der Waals surface area contributed by atoms with Crippen molar-refractivity contribution in [1.29, 1.82) is 0 Å². The lowest BCUT2D eigenvalue weighted by molar-refractivity contribution is -0.134. The number of benzene rings is 2. The predicted octanol–water partition coefficient (Wildman–Crippen LogP) is 4.60. The number of aromatic nitrogens is 2. The molecule has 0 bridgehead atoms. The molecule has 1 unspecified atom stereocenters. The molecular weight excluding hydrogens is 493 g/mol. The van der Waals surface area contributed by atoms with Crippen molar-refractivity contribution < 1.29 is 22.3 Å². The minimum Gasteiger partial charge on any atom is -0.376 e. The molecule has 37 heavy (non-hydrogen) atoms.